The van der Waals surface area contributed by atoms with E-state index in [-0.39, 0.29) is 6.04 Å². The number of pyridine rings is 1. The Morgan fingerprint density at radius 1 is 0.885 bits per heavy atom. The van der Waals surface area contributed by atoms with Gasteiger partial charge in [0.25, 0.3) is 0 Å². The maximum absolute atomic E-state index is 11.0. The summed E-state index contributed by atoms with van der Waals surface area (Å²) in [6, 6.07) is 23.5. The molecule has 0 saturated carbocycles. The van der Waals surface area contributed by atoms with Gasteiger partial charge in [0.15, 0.2) is 0 Å². The number of hydrogen-bond acceptors (Lipinski definition) is 3. The van der Waals surface area contributed by atoms with E-state index < -0.39 is 6.09 Å². The van der Waals surface area contributed by atoms with Crippen molar-refractivity contribution in [2.75, 3.05) is 6.61 Å². The lowest BCUT2D eigenvalue weighted by atomic mass is 10.1. The smallest absolute Gasteiger partial charge is 0.407 e. The van der Waals surface area contributed by atoms with Gasteiger partial charge in [-0.1, -0.05) is 66.4 Å². The van der Waals surface area contributed by atoms with Crippen LogP contribution in [0.5, 0.6) is 0 Å². The van der Waals surface area contributed by atoms with E-state index in [1.807, 2.05) is 72.8 Å². The Balaban J connectivity index is 0.000000278. The van der Waals surface area contributed by atoms with Gasteiger partial charge < -0.3 is 10.1 Å². The second-order valence-corrected chi connectivity index (χ2v) is 5.57. The highest BCUT2D eigenvalue weighted by atomic mass is 16.6. The molecule has 2 heterocycles. The molecule has 26 heavy (non-hydrogen) atoms. The Bertz CT molecular complexity index is 873. The van der Waals surface area contributed by atoms with Crippen molar-refractivity contribution in [2.45, 2.75) is 6.04 Å². The van der Waals surface area contributed by atoms with Gasteiger partial charge in [-0.15, -0.1) is 0 Å². The van der Waals surface area contributed by atoms with E-state index in [1.165, 1.54) is 0 Å². The van der Waals surface area contributed by atoms with Crippen molar-refractivity contribution in [3.63, 3.8) is 0 Å². The molecule has 1 aromatic heterocycles. The quantitative estimate of drug-likeness (QED) is 0.681. The Morgan fingerprint density at radius 2 is 1.50 bits per heavy atom. The van der Waals surface area contributed by atoms with Crippen LogP contribution in [0, 0.1) is 11.8 Å². The molecule has 4 nitrogen and oxygen atoms in total. The average molecular weight is 342 g/mol. The molecule has 4 heteroatoms. The van der Waals surface area contributed by atoms with Crippen molar-refractivity contribution >= 4 is 6.09 Å². The summed E-state index contributed by atoms with van der Waals surface area (Å²) < 4.78 is 4.88. The lowest BCUT2D eigenvalue weighted by molar-refractivity contribution is 0.177. The number of cyclic esters (lactones) is 1. The van der Waals surface area contributed by atoms with Crippen molar-refractivity contribution in [3.8, 4) is 11.8 Å². The molecule has 2 aromatic carbocycles. The first-order valence-corrected chi connectivity index (χ1v) is 8.26. The van der Waals surface area contributed by atoms with E-state index in [4.69, 9.17) is 4.74 Å². The van der Waals surface area contributed by atoms with Gasteiger partial charge in [-0.3, -0.25) is 4.98 Å². The van der Waals surface area contributed by atoms with Gasteiger partial charge in [-0.25, -0.2) is 4.79 Å². The van der Waals surface area contributed by atoms with Crippen LogP contribution in [0.15, 0.2) is 85.2 Å². The van der Waals surface area contributed by atoms with E-state index in [0.29, 0.717) is 6.61 Å². The maximum atomic E-state index is 11.0. The van der Waals surface area contributed by atoms with E-state index >= 15 is 0 Å². The number of benzene rings is 2. The van der Waals surface area contributed by atoms with E-state index in [1.54, 1.807) is 12.4 Å². The van der Waals surface area contributed by atoms with Gasteiger partial charge in [-0.2, -0.15) is 0 Å². The van der Waals surface area contributed by atoms with Crippen molar-refractivity contribution in [1.82, 2.24) is 10.3 Å². The third-order valence-electron chi connectivity index (χ3n) is 3.63. The van der Waals surface area contributed by atoms with Crippen molar-refractivity contribution < 1.29 is 9.53 Å². The van der Waals surface area contributed by atoms with Crippen LogP contribution in [0.1, 0.15) is 22.7 Å². The van der Waals surface area contributed by atoms with Crippen LogP contribution < -0.4 is 5.32 Å². The molecule has 3 aromatic rings. The van der Waals surface area contributed by atoms with Gasteiger partial charge in [0.1, 0.15) is 6.61 Å². The van der Waals surface area contributed by atoms with Gasteiger partial charge in [0.05, 0.1) is 6.04 Å². The number of amides is 1. The molecule has 1 atom stereocenters. The van der Waals surface area contributed by atoms with Crippen LogP contribution in [0.2, 0.25) is 0 Å². The fourth-order valence-corrected chi connectivity index (χ4v) is 2.33. The van der Waals surface area contributed by atoms with Gasteiger partial charge in [0.2, 0.25) is 0 Å². The lowest BCUT2D eigenvalue weighted by Crippen LogP contribution is -2.18. The molecule has 1 fully saturated rings. The highest BCUT2D eigenvalue weighted by Crippen LogP contribution is 2.17. The lowest BCUT2D eigenvalue weighted by Gasteiger charge is -2.06. The number of alkyl carbamates (subject to hydrolysis) is 1. The fraction of sp³-hybridized carbons (Fsp3) is 0.0909. The summed E-state index contributed by atoms with van der Waals surface area (Å²) in [4.78, 5) is 15.2. The normalized spacial score (nSPS) is 14.8. The SMILES string of the molecule is O=C1N[C@H](c2cncc(C#Cc3ccccc3)c2)CO1.c1ccccc1. The first-order chi connectivity index (χ1) is 12.8. The van der Waals surface area contributed by atoms with E-state index in [9.17, 15) is 4.79 Å². The average Bonchev–Trinajstić information content (AvgIpc) is 3.16. The van der Waals surface area contributed by atoms with Crippen LogP contribution in [0.25, 0.3) is 0 Å². The summed E-state index contributed by atoms with van der Waals surface area (Å²) in [6.07, 6.45) is 3.03. The van der Waals surface area contributed by atoms with Crippen molar-refractivity contribution in [2.24, 2.45) is 0 Å². The largest absolute Gasteiger partial charge is 0.447 e. The second kappa shape index (κ2) is 9.05. The molecule has 1 aliphatic rings. The molecule has 128 valence electrons. The van der Waals surface area contributed by atoms with Crippen LogP contribution in [0.4, 0.5) is 4.79 Å². The number of aromatic nitrogens is 1. The van der Waals surface area contributed by atoms with Crippen LogP contribution in [0.3, 0.4) is 0 Å². The van der Waals surface area contributed by atoms with Crippen LogP contribution in [-0.2, 0) is 4.74 Å². The Hall–Kier alpha value is -3.58. The fourth-order valence-electron chi connectivity index (χ4n) is 2.33. The van der Waals surface area contributed by atoms with Crippen LogP contribution in [-0.4, -0.2) is 17.7 Å². The molecule has 1 saturated heterocycles. The molecular weight excluding hydrogens is 324 g/mol. The minimum Gasteiger partial charge on any atom is -0.447 e. The summed E-state index contributed by atoms with van der Waals surface area (Å²) in [6.45, 7) is 0.329. The molecule has 0 aliphatic carbocycles. The third-order valence-corrected chi connectivity index (χ3v) is 3.63. The first-order valence-electron chi connectivity index (χ1n) is 8.26. The van der Waals surface area contributed by atoms with E-state index in [2.05, 4.69) is 22.1 Å². The zero-order valence-electron chi connectivity index (χ0n) is 14.1. The third kappa shape index (κ3) is 5.22. The zero-order chi connectivity index (χ0) is 18.0. The highest BCUT2D eigenvalue weighted by Gasteiger charge is 2.23. The number of hydrogen-bond donors (Lipinski definition) is 1. The van der Waals surface area contributed by atoms with Gasteiger partial charge in [-0.05, 0) is 23.8 Å². The molecule has 0 spiro atoms. The molecule has 4 rings (SSSR count). The number of nitrogens with one attached hydrogen (secondary N) is 1. The monoisotopic (exact) mass is 342 g/mol. The number of ether oxygens (including phenoxy) is 1. The second-order valence-electron chi connectivity index (χ2n) is 5.57. The number of nitrogens with zero attached hydrogens (tertiary/aromatic N) is 1. The zero-order valence-corrected chi connectivity index (χ0v) is 14.1. The van der Waals surface area contributed by atoms with Crippen LogP contribution >= 0.6 is 0 Å². The Morgan fingerprint density at radius 3 is 2.12 bits per heavy atom. The highest BCUT2D eigenvalue weighted by molar-refractivity contribution is 5.70. The summed E-state index contributed by atoms with van der Waals surface area (Å²) in [5, 5.41) is 2.72. The molecule has 1 amide bonds. The standard InChI is InChI=1S/C16H12N2O2.C6H6/c19-16-18-15(11-20-16)14-8-13(9-17-10-14)7-6-12-4-2-1-3-5-12;1-2-4-6-5-3-1/h1-5,8-10,15H,11H2,(H,18,19);1-6H/t15-;/m0./s1. The van der Waals surface area contributed by atoms with Crippen molar-refractivity contribution in [3.05, 3.63) is 102 Å². The molecule has 0 radical (unpaired) electrons. The minimum atomic E-state index is -0.393. The summed E-state index contributed by atoms with van der Waals surface area (Å²) in [7, 11) is 0. The topological polar surface area (TPSA) is 51.2 Å². The van der Waals surface area contributed by atoms with Gasteiger partial charge >= 0.3 is 6.09 Å². The minimum absolute atomic E-state index is 0.145. The maximum Gasteiger partial charge on any atom is 0.407 e. The summed E-state index contributed by atoms with van der Waals surface area (Å²) >= 11 is 0. The molecule has 1 N–H and O–H groups in total. The molecule has 0 unspecified atom stereocenters. The van der Waals surface area contributed by atoms with Gasteiger partial charge in [0, 0.05) is 23.5 Å². The number of rotatable bonds is 1. The number of carbonyl (C=O) groups is 1. The first kappa shape index (κ1) is 17.2. The number of carbonyl (C=O) groups excluding carboxylic acids is 1. The van der Waals surface area contributed by atoms with E-state index in [0.717, 1.165) is 16.7 Å². The molecule has 0 bridgehead atoms. The summed E-state index contributed by atoms with van der Waals surface area (Å²) in [5.41, 5.74) is 2.67. The molecular formula is C22H18N2O2. The Labute approximate surface area is 152 Å². The molecule has 1 aliphatic heterocycles. The summed E-state index contributed by atoms with van der Waals surface area (Å²) in [5.74, 6) is 6.15. The predicted molar refractivity (Wildman–Crippen MR) is 100 cm³/mol. The Kier molecular flexibility index (Phi) is 6.00. The van der Waals surface area contributed by atoms with Crippen molar-refractivity contribution in [1.29, 1.82) is 0 Å². The predicted octanol–water partition coefficient (Wildman–Crippen LogP) is 3.95.